The minimum Gasteiger partial charge on any atom is -0.396 e. The molecule has 1 amide bonds. The van der Waals surface area contributed by atoms with Crippen molar-refractivity contribution in [3.05, 3.63) is 34.3 Å². The molecule has 2 heterocycles. The van der Waals surface area contributed by atoms with Crippen LogP contribution in [-0.4, -0.2) is 60.1 Å². The van der Waals surface area contributed by atoms with Gasteiger partial charge in [-0.25, -0.2) is 0 Å². The van der Waals surface area contributed by atoms with Crippen molar-refractivity contribution in [3.8, 4) is 0 Å². The van der Waals surface area contributed by atoms with Gasteiger partial charge < -0.3 is 14.9 Å². The van der Waals surface area contributed by atoms with Crippen LogP contribution >= 0.6 is 11.6 Å². The van der Waals surface area contributed by atoms with Gasteiger partial charge in [-0.1, -0.05) is 11.6 Å². The molecule has 0 radical (unpaired) electrons. The molecule has 0 aromatic heterocycles. The first-order valence-corrected chi connectivity index (χ1v) is 9.29. The van der Waals surface area contributed by atoms with Gasteiger partial charge in [0.25, 0.3) is 5.91 Å². The van der Waals surface area contributed by atoms with Gasteiger partial charge in [-0.15, -0.1) is 0 Å². The van der Waals surface area contributed by atoms with Gasteiger partial charge in [0.2, 0.25) is 0 Å². The molecule has 0 atom stereocenters. The number of aliphatic hydroxyl groups is 1. The van der Waals surface area contributed by atoms with E-state index in [0.717, 1.165) is 56.7 Å². The van der Waals surface area contributed by atoms with Crippen molar-refractivity contribution in [2.24, 2.45) is 5.41 Å². The van der Waals surface area contributed by atoms with Gasteiger partial charge in [0.15, 0.2) is 0 Å². The summed E-state index contributed by atoms with van der Waals surface area (Å²) >= 11 is 5.99. The maximum atomic E-state index is 12.8. The number of nitrogens with zero attached hydrogens (tertiary/aromatic N) is 2. The molecule has 1 N–H and O–H groups in total. The van der Waals surface area contributed by atoms with Crippen LogP contribution in [0.15, 0.2) is 18.2 Å². The smallest absolute Gasteiger partial charge is 0.254 e. The summed E-state index contributed by atoms with van der Waals surface area (Å²) in [5.41, 5.74) is 1.61. The zero-order valence-electron chi connectivity index (χ0n) is 14.4. The van der Waals surface area contributed by atoms with Crippen LogP contribution in [0, 0.1) is 12.3 Å². The van der Waals surface area contributed by atoms with Crippen molar-refractivity contribution in [1.82, 2.24) is 9.80 Å². The van der Waals surface area contributed by atoms with Crippen LogP contribution in [-0.2, 0) is 0 Å². The SMILES string of the molecule is Cc1cc(Cl)ccc1C(=O)N1CCC(CO)(CN2CCCC2)CC1. The van der Waals surface area contributed by atoms with E-state index in [1.54, 1.807) is 6.07 Å². The van der Waals surface area contributed by atoms with Gasteiger partial charge in [-0.05, 0) is 69.5 Å². The zero-order chi connectivity index (χ0) is 17.2. The van der Waals surface area contributed by atoms with Gasteiger partial charge in [0, 0.05) is 35.6 Å². The zero-order valence-corrected chi connectivity index (χ0v) is 15.2. The number of hydrogen-bond donors (Lipinski definition) is 1. The normalized spacial score (nSPS) is 21.2. The van der Waals surface area contributed by atoms with Crippen LogP contribution in [0.4, 0.5) is 0 Å². The molecule has 132 valence electrons. The fraction of sp³-hybridized carbons (Fsp3) is 0.632. The van der Waals surface area contributed by atoms with Crippen molar-refractivity contribution in [1.29, 1.82) is 0 Å². The maximum Gasteiger partial charge on any atom is 0.254 e. The lowest BCUT2D eigenvalue weighted by atomic mass is 9.78. The molecule has 1 aromatic rings. The largest absolute Gasteiger partial charge is 0.396 e. The summed E-state index contributed by atoms with van der Waals surface area (Å²) in [6, 6.07) is 5.43. The number of carbonyl (C=O) groups excluding carboxylic acids is 1. The van der Waals surface area contributed by atoms with E-state index in [-0.39, 0.29) is 17.9 Å². The third-order valence-corrected chi connectivity index (χ3v) is 5.86. The van der Waals surface area contributed by atoms with Crippen LogP contribution in [0.3, 0.4) is 0 Å². The number of rotatable bonds is 4. The first kappa shape index (κ1) is 17.7. The summed E-state index contributed by atoms with van der Waals surface area (Å²) in [5.74, 6) is 0.0804. The van der Waals surface area contributed by atoms with E-state index in [1.807, 2.05) is 24.0 Å². The predicted molar refractivity (Wildman–Crippen MR) is 96.5 cm³/mol. The van der Waals surface area contributed by atoms with E-state index in [1.165, 1.54) is 12.8 Å². The highest BCUT2D eigenvalue weighted by Gasteiger charge is 2.37. The summed E-state index contributed by atoms with van der Waals surface area (Å²) < 4.78 is 0. The summed E-state index contributed by atoms with van der Waals surface area (Å²) in [5, 5.41) is 10.6. The maximum absolute atomic E-state index is 12.8. The third-order valence-electron chi connectivity index (χ3n) is 5.62. The molecule has 2 aliphatic heterocycles. The molecule has 0 unspecified atom stereocenters. The molecule has 2 fully saturated rings. The molecule has 4 nitrogen and oxygen atoms in total. The first-order chi connectivity index (χ1) is 11.5. The molecule has 1 aromatic carbocycles. The quantitative estimate of drug-likeness (QED) is 0.908. The van der Waals surface area contributed by atoms with Crippen molar-refractivity contribution < 1.29 is 9.90 Å². The van der Waals surface area contributed by atoms with Gasteiger partial charge in [-0.2, -0.15) is 0 Å². The Labute approximate surface area is 149 Å². The second kappa shape index (κ2) is 7.42. The van der Waals surface area contributed by atoms with E-state index in [2.05, 4.69) is 4.90 Å². The molecular weight excluding hydrogens is 324 g/mol. The van der Waals surface area contributed by atoms with E-state index in [4.69, 9.17) is 11.6 Å². The Morgan fingerprint density at radius 1 is 1.21 bits per heavy atom. The van der Waals surface area contributed by atoms with Crippen molar-refractivity contribution >= 4 is 17.5 Å². The fourth-order valence-electron chi connectivity index (χ4n) is 4.00. The molecular formula is C19H27ClN2O2. The van der Waals surface area contributed by atoms with Crippen molar-refractivity contribution in [2.45, 2.75) is 32.6 Å². The fourth-order valence-corrected chi connectivity index (χ4v) is 4.23. The highest BCUT2D eigenvalue weighted by atomic mass is 35.5. The summed E-state index contributed by atoms with van der Waals surface area (Å²) in [6.07, 6.45) is 4.28. The summed E-state index contributed by atoms with van der Waals surface area (Å²) in [7, 11) is 0. The highest BCUT2D eigenvalue weighted by Crippen LogP contribution is 2.34. The lowest BCUT2D eigenvalue weighted by Gasteiger charge is -2.42. The van der Waals surface area contributed by atoms with Crippen LogP contribution in [0.2, 0.25) is 5.02 Å². The summed E-state index contributed by atoms with van der Waals surface area (Å²) in [6.45, 7) is 6.83. The second-order valence-electron chi connectivity index (χ2n) is 7.39. The number of carbonyl (C=O) groups is 1. The highest BCUT2D eigenvalue weighted by molar-refractivity contribution is 6.30. The molecule has 2 aliphatic rings. The topological polar surface area (TPSA) is 43.8 Å². The Kier molecular flexibility index (Phi) is 5.48. The Hall–Kier alpha value is -1.10. The minimum absolute atomic E-state index is 0.0455. The lowest BCUT2D eigenvalue weighted by Crippen LogP contribution is -2.49. The second-order valence-corrected chi connectivity index (χ2v) is 7.83. The van der Waals surface area contributed by atoms with Crippen molar-refractivity contribution in [2.75, 3.05) is 39.3 Å². The van der Waals surface area contributed by atoms with E-state index in [9.17, 15) is 9.90 Å². The number of aryl methyl sites for hydroxylation is 1. The van der Waals surface area contributed by atoms with Crippen LogP contribution in [0.5, 0.6) is 0 Å². The number of likely N-dealkylation sites (tertiary alicyclic amines) is 2. The van der Waals surface area contributed by atoms with Crippen LogP contribution in [0.25, 0.3) is 0 Å². The van der Waals surface area contributed by atoms with Gasteiger partial charge >= 0.3 is 0 Å². The standard InChI is InChI=1S/C19H27ClN2O2/c1-15-12-16(20)4-5-17(15)18(24)22-10-6-19(14-23,7-11-22)13-21-8-2-3-9-21/h4-5,12,23H,2-3,6-11,13-14H2,1H3. The Balaban J connectivity index is 1.63. The Bertz CT molecular complexity index is 591. The monoisotopic (exact) mass is 350 g/mol. The third kappa shape index (κ3) is 3.76. The number of hydrogen-bond acceptors (Lipinski definition) is 3. The number of amides is 1. The molecule has 24 heavy (non-hydrogen) atoms. The van der Waals surface area contributed by atoms with E-state index < -0.39 is 0 Å². The molecule has 0 aliphatic carbocycles. The van der Waals surface area contributed by atoms with Crippen LogP contribution in [0.1, 0.15) is 41.6 Å². The number of piperidine rings is 1. The molecule has 3 rings (SSSR count). The summed E-state index contributed by atoms with van der Waals surface area (Å²) in [4.78, 5) is 17.2. The number of aliphatic hydroxyl groups excluding tert-OH is 1. The molecule has 0 saturated carbocycles. The predicted octanol–water partition coefficient (Wildman–Crippen LogP) is 2.96. The molecule has 0 bridgehead atoms. The minimum atomic E-state index is -0.0455. The Morgan fingerprint density at radius 2 is 1.88 bits per heavy atom. The number of benzene rings is 1. The Morgan fingerprint density at radius 3 is 2.46 bits per heavy atom. The van der Waals surface area contributed by atoms with Gasteiger partial charge in [0.1, 0.15) is 0 Å². The van der Waals surface area contributed by atoms with E-state index >= 15 is 0 Å². The van der Waals surface area contributed by atoms with Crippen LogP contribution < -0.4 is 0 Å². The van der Waals surface area contributed by atoms with Gasteiger partial charge in [0.05, 0.1) is 6.61 Å². The molecule has 5 heteroatoms. The molecule has 0 spiro atoms. The first-order valence-electron chi connectivity index (χ1n) is 8.92. The van der Waals surface area contributed by atoms with Crippen molar-refractivity contribution in [3.63, 3.8) is 0 Å². The number of halogens is 1. The molecule has 2 saturated heterocycles. The average Bonchev–Trinajstić information content (AvgIpc) is 3.08. The van der Waals surface area contributed by atoms with Gasteiger partial charge in [-0.3, -0.25) is 4.79 Å². The average molecular weight is 351 g/mol. The lowest BCUT2D eigenvalue weighted by molar-refractivity contribution is 0.0179. The van der Waals surface area contributed by atoms with E-state index in [0.29, 0.717) is 5.02 Å².